The molecule has 0 spiro atoms. The first-order valence-electron chi connectivity index (χ1n) is 11.9. The molecule has 4 aromatic rings. The molecule has 0 saturated carbocycles. The molecule has 1 N–H and O–H groups in total. The molecule has 0 aliphatic heterocycles. The summed E-state index contributed by atoms with van der Waals surface area (Å²) >= 11 is 12.1. The largest absolute Gasteiger partial charge is 0.497 e. The van der Waals surface area contributed by atoms with E-state index in [1.54, 1.807) is 67.8 Å². The van der Waals surface area contributed by atoms with Crippen molar-refractivity contribution in [2.24, 2.45) is 0 Å². The van der Waals surface area contributed by atoms with E-state index < -0.39 is 5.91 Å². The van der Waals surface area contributed by atoms with Gasteiger partial charge in [-0.05, 0) is 66.2 Å². The minimum absolute atomic E-state index is 0.0874. The molecule has 0 bridgehead atoms. The fraction of sp³-hybridized carbons (Fsp3) is 0.0968. The van der Waals surface area contributed by atoms with Crippen LogP contribution in [0, 0.1) is 11.3 Å². The summed E-state index contributed by atoms with van der Waals surface area (Å²) in [6.07, 6.45) is 1.48. The summed E-state index contributed by atoms with van der Waals surface area (Å²) in [5.41, 5.74) is 2.76. The van der Waals surface area contributed by atoms with E-state index in [2.05, 4.69) is 5.32 Å². The van der Waals surface area contributed by atoms with Crippen molar-refractivity contribution in [3.63, 3.8) is 0 Å². The van der Waals surface area contributed by atoms with Crippen LogP contribution in [0.5, 0.6) is 17.2 Å². The van der Waals surface area contributed by atoms with Crippen LogP contribution in [0.15, 0.2) is 96.6 Å². The third kappa shape index (κ3) is 7.78. The fourth-order valence-electron chi connectivity index (χ4n) is 3.54. The molecule has 6 nitrogen and oxygen atoms in total. The number of benzene rings is 4. The number of hydrogen-bond acceptors (Lipinski definition) is 5. The fourth-order valence-corrected chi connectivity index (χ4v) is 3.86. The van der Waals surface area contributed by atoms with Crippen molar-refractivity contribution < 1.29 is 19.0 Å². The van der Waals surface area contributed by atoms with Crippen LogP contribution in [-0.4, -0.2) is 13.0 Å². The van der Waals surface area contributed by atoms with E-state index in [1.165, 1.54) is 6.08 Å². The SMILES string of the molecule is COc1ccc(/C=C(\C#N)C(=O)Nc2ccc(OCc3ccccc3Cl)cc2)c(OCc2ccc(Cl)cc2)c1. The molecule has 0 heterocycles. The van der Waals surface area contributed by atoms with E-state index in [9.17, 15) is 10.1 Å². The molecule has 0 radical (unpaired) electrons. The molecule has 8 heteroatoms. The number of nitrogens with zero attached hydrogens (tertiary/aromatic N) is 1. The number of anilines is 1. The van der Waals surface area contributed by atoms with Crippen LogP contribution in [0.4, 0.5) is 5.69 Å². The lowest BCUT2D eigenvalue weighted by atomic mass is 10.1. The first kappa shape index (κ1) is 27.6. The molecule has 4 aromatic carbocycles. The summed E-state index contributed by atoms with van der Waals surface area (Å²) in [4.78, 5) is 12.9. The normalized spacial score (nSPS) is 10.9. The molecule has 0 aliphatic carbocycles. The Balaban J connectivity index is 1.44. The van der Waals surface area contributed by atoms with E-state index in [-0.39, 0.29) is 12.2 Å². The summed E-state index contributed by atoms with van der Waals surface area (Å²) in [5, 5.41) is 13.7. The second-order valence-electron chi connectivity index (χ2n) is 8.35. The number of ether oxygens (including phenoxy) is 3. The standard InChI is InChI=1S/C31H24Cl2N2O4/c1-37-28-13-8-22(30(17-28)39-19-21-6-9-25(32)10-7-21)16-24(18-34)31(36)35-26-11-14-27(15-12-26)38-20-23-4-2-3-5-29(23)33/h2-17H,19-20H2,1H3,(H,35,36)/b24-16+. The number of carbonyl (C=O) groups excluding carboxylic acids is 1. The molecule has 196 valence electrons. The first-order chi connectivity index (χ1) is 18.9. The minimum atomic E-state index is -0.554. The molecule has 0 aromatic heterocycles. The highest BCUT2D eigenvalue weighted by molar-refractivity contribution is 6.31. The molecular formula is C31H24Cl2N2O4. The van der Waals surface area contributed by atoms with E-state index >= 15 is 0 Å². The van der Waals surface area contributed by atoms with E-state index in [0.717, 1.165) is 11.1 Å². The second kappa shape index (κ2) is 13.4. The first-order valence-corrected chi connectivity index (χ1v) is 12.7. The van der Waals surface area contributed by atoms with Gasteiger partial charge in [0.2, 0.25) is 0 Å². The number of hydrogen-bond donors (Lipinski definition) is 1. The smallest absolute Gasteiger partial charge is 0.266 e. The van der Waals surface area contributed by atoms with Crippen LogP contribution in [0.25, 0.3) is 6.08 Å². The van der Waals surface area contributed by atoms with Gasteiger partial charge in [0.25, 0.3) is 5.91 Å². The van der Waals surface area contributed by atoms with Gasteiger partial charge in [0.05, 0.1) is 7.11 Å². The van der Waals surface area contributed by atoms with Gasteiger partial charge in [0.15, 0.2) is 0 Å². The van der Waals surface area contributed by atoms with Gasteiger partial charge in [-0.15, -0.1) is 0 Å². The maximum Gasteiger partial charge on any atom is 0.266 e. The maximum absolute atomic E-state index is 12.9. The Morgan fingerprint density at radius 2 is 1.62 bits per heavy atom. The van der Waals surface area contributed by atoms with Crippen LogP contribution in [0.1, 0.15) is 16.7 Å². The molecule has 0 unspecified atom stereocenters. The van der Waals surface area contributed by atoms with E-state index in [4.69, 9.17) is 37.4 Å². The summed E-state index contributed by atoms with van der Waals surface area (Å²) in [5.74, 6) is 1.11. The van der Waals surface area contributed by atoms with Gasteiger partial charge in [-0.1, -0.05) is 53.5 Å². The zero-order valence-corrected chi connectivity index (χ0v) is 22.5. The molecule has 0 saturated heterocycles. The maximum atomic E-state index is 12.9. The van der Waals surface area contributed by atoms with Crippen molar-refractivity contribution in [1.29, 1.82) is 5.26 Å². The third-order valence-corrected chi connectivity index (χ3v) is 6.28. The highest BCUT2D eigenvalue weighted by Crippen LogP contribution is 2.28. The summed E-state index contributed by atoms with van der Waals surface area (Å²) in [7, 11) is 1.55. The molecule has 0 fully saturated rings. The van der Waals surface area contributed by atoms with Crippen molar-refractivity contribution in [3.8, 4) is 23.3 Å². The number of rotatable bonds is 10. The monoisotopic (exact) mass is 558 g/mol. The second-order valence-corrected chi connectivity index (χ2v) is 9.19. The van der Waals surface area contributed by atoms with Gasteiger partial charge in [-0.2, -0.15) is 5.26 Å². The highest BCUT2D eigenvalue weighted by atomic mass is 35.5. The number of nitrogens with one attached hydrogen (secondary N) is 1. The number of carbonyl (C=O) groups is 1. The molecular weight excluding hydrogens is 535 g/mol. The van der Waals surface area contributed by atoms with Crippen molar-refractivity contribution in [1.82, 2.24) is 0 Å². The Morgan fingerprint density at radius 3 is 2.31 bits per heavy atom. The Hall–Kier alpha value is -4.44. The molecule has 39 heavy (non-hydrogen) atoms. The van der Waals surface area contributed by atoms with Crippen molar-refractivity contribution >= 4 is 40.9 Å². The molecule has 4 rings (SSSR count). The minimum Gasteiger partial charge on any atom is -0.497 e. The van der Waals surface area contributed by atoms with Crippen molar-refractivity contribution in [3.05, 3.63) is 123 Å². The number of amides is 1. The predicted octanol–water partition coefficient (Wildman–Crippen LogP) is 7.71. The summed E-state index contributed by atoms with van der Waals surface area (Å²) < 4.78 is 17.1. The quantitative estimate of drug-likeness (QED) is 0.159. The Kier molecular flexibility index (Phi) is 9.47. The van der Waals surface area contributed by atoms with Gasteiger partial charge in [0, 0.05) is 32.9 Å². The van der Waals surface area contributed by atoms with Gasteiger partial charge in [-0.25, -0.2) is 0 Å². The lowest BCUT2D eigenvalue weighted by Crippen LogP contribution is -2.13. The average Bonchev–Trinajstić information content (AvgIpc) is 2.96. The number of nitriles is 1. The number of halogens is 2. The number of methoxy groups -OCH3 is 1. The third-order valence-electron chi connectivity index (χ3n) is 5.66. The van der Waals surface area contributed by atoms with Gasteiger partial charge >= 0.3 is 0 Å². The Bertz CT molecular complexity index is 1510. The zero-order chi connectivity index (χ0) is 27.6. The molecule has 0 atom stereocenters. The van der Waals surface area contributed by atoms with Crippen molar-refractivity contribution in [2.75, 3.05) is 12.4 Å². The van der Waals surface area contributed by atoms with E-state index in [1.807, 2.05) is 36.4 Å². The predicted molar refractivity (Wildman–Crippen MR) is 153 cm³/mol. The Labute approximate surface area is 237 Å². The average molecular weight is 559 g/mol. The van der Waals surface area contributed by atoms with Crippen LogP contribution in [0.3, 0.4) is 0 Å². The summed E-state index contributed by atoms with van der Waals surface area (Å²) in [6.45, 7) is 0.584. The van der Waals surface area contributed by atoms with Crippen LogP contribution < -0.4 is 19.5 Å². The van der Waals surface area contributed by atoms with Gasteiger partial charge in [-0.3, -0.25) is 4.79 Å². The van der Waals surface area contributed by atoms with Crippen molar-refractivity contribution in [2.45, 2.75) is 13.2 Å². The lowest BCUT2D eigenvalue weighted by molar-refractivity contribution is -0.112. The van der Waals surface area contributed by atoms with Crippen LogP contribution in [0.2, 0.25) is 10.0 Å². The highest BCUT2D eigenvalue weighted by Gasteiger charge is 2.13. The van der Waals surface area contributed by atoms with E-state index in [0.29, 0.717) is 45.2 Å². The Morgan fingerprint density at radius 1 is 0.897 bits per heavy atom. The zero-order valence-electron chi connectivity index (χ0n) is 21.0. The lowest BCUT2D eigenvalue weighted by Gasteiger charge is -2.12. The van der Waals surface area contributed by atoms with Gasteiger partial charge < -0.3 is 19.5 Å². The molecule has 1 amide bonds. The van der Waals surface area contributed by atoms with Crippen LogP contribution in [-0.2, 0) is 18.0 Å². The molecule has 0 aliphatic rings. The topological polar surface area (TPSA) is 80.6 Å². The van der Waals surface area contributed by atoms with Gasteiger partial charge in [0.1, 0.15) is 42.1 Å². The van der Waals surface area contributed by atoms with Crippen LogP contribution >= 0.6 is 23.2 Å². The summed E-state index contributed by atoms with van der Waals surface area (Å²) in [6, 6.07) is 28.7.